The van der Waals surface area contributed by atoms with Crippen molar-refractivity contribution in [2.75, 3.05) is 66.1 Å². The molecule has 0 aromatic carbocycles. The average molecular weight is 328 g/mol. The third-order valence-electron chi connectivity index (χ3n) is 3.42. The number of ether oxygens (including phenoxy) is 2. The summed E-state index contributed by atoms with van der Waals surface area (Å²) in [6, 6.07) is 0. The van der Waals surface area contributed by atoms with Crippen molar-refractivity contribution >= 4 is 0 Å². The van der Waals surface area contributed by atoms with Gasteiger partial charge in [-0.1, -0.05) is 0 Å². The summed E-state index contributed by atoms with van der Waals surface area (Å²) in [4.78, 5) is 0. The Morgan fingerprint density at radius 3 is 1.45 bits per heavy atom. The number of rotatable bonds is 14. The molecule has 0 aliphatic heterocycles. The van der Waals surface area contributed by atoms with Gasteiger partial charge in [0.05, 0.1) is 76.9 Å². The van der Waals surface area contributed by atoms with Gasteiger partial charge >= 0.3 is 0 Å². The molecule has 134 valence electrons. The molecule has 9 nitrogen and oxygen atoms in total. The van der Waals surface area contributed by atoms with Crippen molar-refractivity contribution in [1.82, 2.24) is 0 Å². The Hall–Kier alpha value is -0.360. The lowest BCUT2D eigenvalue weighted by Crippen LogP contribution is -2.44. The van der Waals surface area contributed by atoms with Crippen LogP contribution in [0.3, 0.4) is 0 Å². The fraction of sp³-hybridized carbons (Fsp3) is 1.00. The van der Waals surface area contributed by atoms with Gasteiger partial charge in [0.1, 0.15) is 6.10 Å². The first-order chi connectivity index (χ1) is 10.5. The minimum atomic E-state index is -1.20. The molecule has 7 N–H and O–H groups in total. The van der Waals surface area contributed by atoms with Crippen LogP contribution in [0.1, 0.15) is 0 Å². The Morgan fingerprint density at radius 1 is 0.636 bits per heavy atom. The predicted molar refractivity (Wildman–Crippen MR) is 75.0 cm³/mol. The monoisotopic (exact) mass is 328 g/mol. The van der Waals surface area contributed by atoms with E-state index >= 15 is 0 Å². The van der Waals surface area contributed by atoms with Crippen LogP contribution in [0.5, 0.6) is 0 Å². The lowest BCUT2D eigenvalue weighted by molar-refractivity contribution is -0.118. The summed E-state index contributed by atoms with van der Waals surface area (Å²) in [6.45, 7) is -3.42. The maximum atomic E-state index is 9.42. The Kier molecular flexibility index (Phi) is 11.0. The molecule has 22 heavy (non-hydrogen) atoms. The van der Waals surface area contributed by atoms with Crippen molar-refractivity contribution in [1.29, 1.82) is 0 Å². The van der Waals surface area contributed by atoms with Crippen LogP contribution >= 0.6 is 0 Å². The quantitative estimate of drug-likeness (QED) is 0.170. The first-order valence-corrected chi connectivity index (χ1v) is 6.96. The molecule has 1 atom stereocenters. The summed E-state index contributed by atoms with van der Waals surface area (Å²) < 4.78 is 10.4. The van der Waals surface area contributed by atoms with Gasteiger partial charge in [-0.05, 0) is 0 Å². The molecule has 0 aromatic rings. The van der Waals surface area contributed by atoms with Crippen LogP contribution in [0, 0.1) is 10.8 Å². The molecular formula is C13H28O9. The largest absolute Gasteiger partial charge is 0.396 e. The van der Waals surface area contributed by atoms with Crippen molar-refractivity contribution < 1.29 is 45.2 Å². The summed E-state index contributed by atoms with van der Waals surface area (Å²) in [7, 11) is 0. The van der Waals surface area contributed by atoms with Gasteiger partial charge in [0.15, 0.2) is 0 Å². The molecule has 0 fully saturated rings. The highest BCUT2D eigenvalue weighted by molar-refractivity contribution is 4.80. The van der Waals surface area contributed by atoms with E-state index in [2.05, 4.69) is 0 Å². The van der Waals surface area contributed by atoms with Gasteiger partial charge in [-0.3, -0.25) is 0 Å². The molecule has 0 aromatic heterocycles. The summed E-state index contributed by atoms with van der Waals surface area (Å²) >= 11 is 0. The first-order valence-electron chi connectivity index (χ1n) is 6.96. The van der Waals surface area contributed by atoms with E-state index in [1.54, 1.807) is 0 Å². The Bertz CT molecular complexity index is 258. The van der Waals surface area contributed by atoms with Crippen LogP contribution in [-0.4, -0.2) is 108 Å². The summed E-state index contributed by atoms with van der Waals surface area (Å²) in [5.74, 6) is 0. The number of hydrogen-bond acceptors (Lipinski definition) is 9. The maximum absolute atomic E-state index is 9.42. The fourth-order valence-corrected chi connectivity index (χ4v) is 1.51. The lowest BCUT2D eigenvalue weighted by atomic mass is 9.90. The fourth-order valence-electron chi connectivity index (χ4n) is 1.51. The average Bonchev–Trinajstić information content (AvgIpc) is 2.57. The molecule has 0 radical (unpaired) electrons. The topological polar surface area (TPSA) is 160 Å². The molecule has 0 bridgehead atoms. The summed E-state index contributed by atoms with van der Waals surface area (Å²) in [5.41, 5.74) is -2.34. The molecular weight excluding hydrogens is 300 g/mol. The molecule has 1 unspecified atom stereocenters. The van der Waals surface area contributed by atoms with Gasteiger partial charge in [0, 0.05) is 0 Å². The summed E-state index contributed by atoms with van der Waals surface area (Å²) in [5, 5.41) is 64.2. The van der Waals surface area contributed by atoms with E-state index in [0.29, 0.717) is 0 Å². The molecule has 0 aliphatic rings. The van der Waals surface area contributed by atoms with Crippen LogP contribution in [-0.2, 0) is 9.47 Å². The Morgan fingerprint density at radius 2 is 1.05 bits per heavy atom. The highest BCUT2D eigenvalue weighted by atomic mass is 16.5. The number of hydrogen-bond donors (Lipinski definition) is 7. The summed E-state index contributed by atoms with van der Waals surface area (Å²) in [6.07, 6.45) is -1.05. The number of aliphatic hydroxyl groups excluding tert-OH is 7. The molecule has 0 saturated heterocycles. The third kappa shape index (κ3) is 6.82. The Labute approximate surface area is 129 Å². The second-order valence-electron chi connectivity index (χ2n) is 5.63. The van der Waals surface area contributed by atoms with Crippen molar-refractivity contribution in [3.63, 3.8) is 0 Å². The van der Waals surface area contributed by atoms with E-state index in [4.69, 9.17) is 19.7 Å². The number of aliphatic hydroxyl groups is 7. The zero-order chi connectivity index (χ0) is 17.1. The van der Waals surface area contributed by atoms with Crippen molar-refractivity contribution in [3.05, 3.63) is 0 Å². The van der Waals surface area contributed by atoms with Crippen LogP contribution < -0.4 is 0 Å². The SMILES string of the molecule is OCC(O)COCC(CO)(CO)COCC(CO)(CO)CO. The van der Waals surface area contributed by atoms with Crippen LogP contribution in [0.15, 0.2) is 0 Å². The maximum Gasteiger partial charge on any atom is 0.100 e. The van der Waals surface area contributed by atoms with Gasteiger partial charge in [-0.25, -0.2) is 0 Å². The molecule has 0 spiro atoms. The molecule has 0 rings (SSSR count). The van der Waals surface area contributed by atoms with E-state index in [-0.39, 0.29) is 26.4 Å². The standard InChI is InChI=1S/C13H28O9/c14-1-11(20)2-21-9-13(6-18,7-19)10-22-8-12(3-15,4-16)5-17/h11,14-20H,1-10H2. The van der Waals surface area contributed by atoms with E-state index in [1.165, 1.54) is 0 Å². The predicted octanol–water partition coefficient (Wildman–Crippen LogP) is -3.69. The van der Waals surface area contributed by atoms with Crippen LogP contribution in [0.4, 0.5) is 0 Å². The van der Waals surface area contributed by atoms with Crippen molar-refractivity contribution in [2.45, 2.75) is 6.10 Å². The molecule has 0 amide bonds. The lowest BCUT2D eigenvalue weighted by Gasteiger charge is -2.32. The van der Waals surface area contributed by atoms with E-state index in [0.717, 1.165) is 0 Å². The van der Waals surface area contributed by atoms with E-state index in [9.17, 15) is 25.5 Å². The minimum Gasteiger partial charge on any atom is -0.396 e. The first kappa shape index (κ1) is 21.6. The Balaban J connectivity index is 4.43. The van der Waals surface area contributed by atoms with Gasteiger partial charge in [0.25, 0.3) is 0 Å². The van der Waals surface area contributed by atoms with Gasteiger partial charge in [0.2, 0.25) is 0 Å². The smallest absolute Gasteiger partial charge is 0.100 e. The normalized spacial score (nSPS) is 14.3. The highest BCUT2D eigenvalue weighted by Gasteiger charge is 2.33. The van der Waals surface area contributed by atoms with Crippen LogP contribution in [0.25, 0.3) is 0 Å². The van der Waals surface area contributed by atoms with Gasteiger partial charge < -0.3 is 45.2 Å². The minimum absolute atomic E-state index is 0.124. The zero-order valence-electron chi connectivity index (χ0n) is 12.6. The zero-order valence-corrected chi connectivity index (χ0v) is 12.6. The molecule has 9 heteroatoms. The van der Waals surface area contributed by atoms with Gasteiger partial charge in [-0.15, -0.1) is 0 Å². The van der Waals surface area contributed by atoms with Crippen molar-refractivity contribution in [3.8, 4) is 0 Å². The second-order valence-corrected chi connectivity index (χ2v) is 5.63. The highest BCUT2D eigenvalue weighted by Crippen LogP contribution is 2.21. The second kappa shape index (κ2) is 11.2. The third-order valence-corrected chi connectivity index (χ3v) is 3.42. The molecule has 0 aliphatic carbocycles. The van der Waals surface area contributed by atoms with Crippen LogP contribution in [0.2, 0.25) is 0 Å². The van der Waals surface area contributed by atoms with E-state index in [1.807, 2.05) is 0 Å². The molecule has 0 heterocycles. The molecule has 0 saturated carbocycles. The van der Waals surface area contributed by atoms with Crippen molar-refractivity contribution in [2.24, 2.45) is 10.8 Å². The van der Waals surface area contributed by atoms with Gasteiger partial charge in [-0.2, -0.15) is 0 Å². The van der Waals surface area contributed by atoms with E-state index < -0.39 is 56.6 Å².